The zero-order valence-electron chi connectivity index (χ0n) is 11.0. The van der Waals surface area contributed by atoms with Gasteiger partial charge in [-0.15, -0.1) is 10.2 Å². The van der Waals surface area contributed by atoms with Crippen LogP contribution in [0, 0.1) is 6.92 Å². The highest BCUT2D eigenvalue weighted by Crippen LogP contribution is 2.21. The molecule has 102 valence electrons. The summed E-state index contributed by atoms with van der Waals surface area (Å²) in [5.74, 6) is 0.377. The third-order valence-corrected chi connectivity index (χ3v) is 2.99. The monoisotopic (exact) mass is 271 g/mol. The van der Waals surface area contributed by atoms with E-state index >= 15 is 0 Å². The maximum absolute atomic E-state index is 12.1. The summed E-state index contributed by atoms with van der Waals surface area (Å²) in [5, 5.41) is 17.1. The number of carbonyl (C=O) groups excluding carboxylic acids is 1. The lowest BCUT2D eigenvalue weighted by molar-refractivity contribution is 0.0912. The minimum Gasteiger partial charge on any atom is -0.451 e. The molecule has 0 radical (unpaired) electrons. The Morgan fingerprint density at radius 2 is 2.25 bits per heavy atom. The fraction of sp³-hybridized carbons (Fsp3) is 0.231. The summed E-state index contributed by atoms with van der Waals surface area (Å²) in [5.41, 5.74) is 1.80. The Morgan fingerprint density at radius 3 is 3.00 bits per heavy atom. The van der Waals surface area contributed by atoms with Gasteiger partial charge in [0.15, 0.2) is 11.6 Å². The van der Waals surface area contributed by atoms with Crippen LogP contribution in [0.25, 0.3) is 11.0 Å². The third kappa shape index (κ3) is 2.25. The highest BCUT2D eigenvalue weighted by Gasteiger charge is 2.17. The summed E-state index contributed by atoms with van der Waals surface area (Å²) in [6.45, 7) is 3.76. The number of tetrazole rings is 1. The largest absolute Gasteiger partial charge is 0.451 e. The molecule has 20 heavy (non-hydrogen) atoms. The Balaban J connectivity index is 1.82. The summed E-state index contributed by atoms with van der Waals surface area (Å²) in [6.07, 6.45) is 0. The summed E-state index contributed by atoms with van der Waals surface area (Å²) < 4.78 is 5.53. The Morgan fingerprint density at radius 1 is 1.40 bits per heavy atom. The van der Waals surface area contributed by atoms with E-state index in [2.05, 4.69) is 25.9 Å². The average Bonchev–Trinajstić information content (AvgIpc) is 3.07. The van der Waals surface area contributed by atoms with Crippen LogP contribution in [0.4, 0.5) is 0 Å². The predicted molar refractivity (Wildman–Crippen MR) is 71.0 cm³/mol. The molecule has 3 rings (SSSR count). The van der Waals surface area contributed by atoms with Crippen molar-refractivity contribution in [2.45, 2.75) is 19.9 Å². The second kappa shape index (κ2) is 4.76. The van der Waals surface area contributed by atoms with Gasteiger partial charge in [-0.3, -0.25) is 4.79 Å². The van der Waals surface area contributed by atoms with Crippen LogP contribution in [0.5, 0.6) is 0 Å². The number of carbonyl (C=O) groups is 1. The van der Waals surface area contributed by atoms with Crippen LogP contribution in [-0.2, 0) is 0 Å². The van der Waals surface area contributed by atoms with E-state index in [9.17, 15) is 4.79 Å². The van der Waals surface area contributed by atoms with Crippen LogP contribution in [0.1, 0.15) is 34.9 Å². The SMILES string of the molecule is Cc1ccc2oc(C(=O)NC(C)c3nn[nH]n3)cc2c1. The number of amides is 1. The lowest BCUT2D eigenvalue weighted by atomic mass is 10.2. The molecule has 0 aliphatic heterocycles. The van der Waals surface area contributed by atoms with Crippen molar-refractivity contribution < 1.29 is 9.21 Å². The van der Waals surface area contributed by atoms with Gasteiger partial charge in [0.1, 0.15) is 5.58 Å². The van der Waals surface area contributed by atoms with Crippen LogP contribution in [0.3, 0.4) is 0 Å². The van der Waals surface area contributed by atoms with E-state index in [4.69, 9.17) is 4.42 Å². The van der Waals surface area contributed by atoms with Crippen molar-refractivity contribution >= 4 is 16.9 Å². The smallest absolute Gasteiger partial charge is 0.287 e. The first kappa shape index (κ1) is 12.3. The van der Waals surface area contributed by atoms with Gasteiger partial charge in [-0.05, 0) is 32.0 Å². The molecule has 2 heterocycles. The minimum atomic E-state index is -0.351. The van der Waals surface area contributed by atoms with E-state index < -0.39 is 0 Å². The van der Waals surface area contributed by atoms with Crippen LogP contribution in [-0.4, -0.2) is 26.5 Å². The lowest BCUT2D eigenvalue weighted by Gasteiger charge is -2.07. The van der Waals surface area contributed by atoms with Crippen molar-refractivity contribution in [3.63, 3.8) is 0 Å². The van der Waals surface area contributed by atoms with Crippen LogP contribution in [0.15, 0.2) is 28.7 Å². The molecule has 0 saturated heterocycles. The molecule has 2 N–H and O–H groups in total. The number of aromatic nitrogens is 4. The number of rotatable bonds is 3. The highest BCUT2D eigenvalue weighted by molar-refractivity contribution is 5.96. The first-order chi connectivity index (χ1) is 9.63. The topological polar surface area (TPSA) is 96.7 Å². The Kier molecular flexibility index (Phi) is 2.94. The fourth-order valence-corrected chi connectivity index (χ4v) is 1.96. The quantitative estimate of drug-likeness (QED) is 0.756. The molecule has 1 atom stereocenters. The van der Waals surface area contributed by atoms with Crippen molar-refractivity contribution in [2.75, 3.05) is 0 Å². The van der Waals surface area contributed by atoms with Crippen molar-refractivity contribution in [1.82, 2.24) is 25.9 Å². The number of fused-ring (bicyclic) bond motifs is 1. The van der Waals surface area contributed by atoms with E-state index in [1.165, 1.54) is 0 Å². The second-order valence-electron chi connectivity index (χ2n) is 4.62. The van der Waals surface area contributed by atoms with Crippen molar-refractivity contribution in [1.29, 1.82) is 0 Å². The van der Waals surface area contributed by atoms with E-state index in [0.717, 1.165) is 10.9 Å². The predicted octanol–water partition coefficient (Wildman–Crippen LogP) is 1.75. The number of hydrogen-bond donors (Lipinski definition) is 2. The zero-order valence-corrected chi connectivity index (χ0v) is 11.0. The first-order valence-electron chi connectivity index (χ1n) is 6.18. The number of benzene rings is 1. The molecule has 1 amide bonds. The average molecular weight is 271 g/mol. The molecule has 1 unspecified atom stereocenters. The van der Waals surface area contributed by atoms with Crippen LogP contribution in [0.2, 0.25) is 0 Å². The minimum absolute atomic E-state index is 0.265. The normalized spacial score (nSPS) is 12.5. The summed E-state index contributed by atoms with van der Waals surface area (Å²) in [6, 6.07) is 7.13. The van der Waals surface area contributed by atoms with E-state index in [-0.39, 0.29) is 17.7 Å². The zero-order chi connectivity index (χ0) is 14.1. The van der Waals surface area contributed by atoms with E-state index in [1.54, 1.807) is 13.0 Å². The first-order valence-corrected chi connectivity index (χ1v) is 6.18. The lowest BCUT2D eigenvalue weighted by Crippen LogP contribution is -2.27. The number of aromatic amines is 1. The van der Waals surface area contributed by atoms with Gasteiger partial charge in [0, 0.05) is 5.39 Å². The van der Waals surface area contributed by atoms with E-state index in [1.807, 2.05) is 25.1 Å². The van der Waals surface area contributed by atoms with Gasteiger partial charge in [-0.2, -0.15) is 5.21 Å². The number of hydrogen-bond acceptors (Lipinski definition) is 5. The number of nitrogens with zero attached hydrogens (tertiary/aromatic N) is 3. The molecule has 0 aliphatic rings. The molecule has 0 fully saturated rings. The third-order valence-electron chi connectivity index (χ3n) is 2.99. The molecule has 0 aliphatic carbocycles. The molecule has 3 aromatic rings. The number of H-pyrrole nitrogens is 1. The highest BCUT2D eigenvalue weighted by atomic mass is 16.3. The van der Waals surface area contributed by atoms with Gasteiger partial charge in [0.2, 0.25) is 0 Å². The van der Waals surface area contributed by atoms with Gasteiger partial charge < -0.3 is 9.73 Å². The molecule has 0 saturated carbocycles. The van der Waals surface area contributed by atoms with Crippen molar-refractivity contribution in [3.05, 3.63) is 41.4 Å². The van der Waals surface area contributed by atoms with Crippen LogP contribution < -0.4 is 5.32 Å². The Hall–Kier alpha value is -2.70. The molecule has 0 spiro atoms. The maximum Gasteiger partial charge on any atom is 0.287 e. The molecule has 7 nitrogen and oxygen atoms in total. The van der Waals surface area contributed by atoms with Gasteiger partial charge in [0.05, 0.1) is 6.04 Å². The van der Waals surface area contributed by atoms with Gasteiger partial charge in [-0.1, -0.05) is 16.8 Å². The molecular weight excluding hydrogens is 258 g/mol. The second-order valence-corrected chi connectivity index (χ2v) is 4.62. The maximum atomic E-state index is 12.1. The van der Waals surface area contributed by atoms with Gasteiger partial charge >= 0.3 is 0 Å². The Bertz CT molecular complexity index is 747. The molecule has 1 aromatic carbocycles. The number of aryl methyl sites for hydroxylation is 1. The molecule has 7 heteroatoms. The number of nitrogens with one attached hydrogen (secondary N) is 2. The number of furan rings is 1. The molecular formula is C13H13N5O2. The standard InChI is InChI=1S/C13H13N5O2/c1-7-3-4-10-9(5-7)6-11(20-10)13(19)14-8(2)12-15-17-18-16-12/h3-6,8H,1-2H3,(H,14,19)(H,15,16,17,18). The van der Waals surface area contributed by atoms with Gasteiger partial charge in [-0.25, -0.2) is 0 Å². The van der Waals surface area contributed by atoms with E-state index in [0.29, 0.717) is 11.4 Å². The summed E-state index contributed by atoms with van der Waals surface area (Å²) in [4.78, 5) is 12.1. The fourth-order valence-electron chi connectivity index (χ4n) is 1.96. The summed E-state index contributed by atoms with van der Waals surface area (Å²) >= 11 is 0. The van der Waals surface area contributed by atoms with Crippen molar-refractivity contribution in [3.8, 4) is 0 Å². The molecule has 0 bridgehead atoms. The summed E-state index contributed by atoms with van der Waals surface area (Å²) in [7, 11) is 0. The molecule has 2 aromatic heterocycles. The van der Waals surface area contributed by atoms with Crippen molar-refractivity contribution in [2.24, 2.45) is 0 Å². The van der Waals surface area contributed by atoms with Gasteiger partial charge in [0.25, 0.3) is 5.91 Å². The van der Waals surface area contributed by atoms with Crippen LogP contribution >= 0.6 is 0 Å². The Labute approximate surface area is 114 Å².